The van der Waals surface area contributed by atoms with E-state index in [0.717, 1.165) is 60.3 Å². The molecule has 0 amide bonds. The minimum atomic E-state index is 0.511. The van der Waals surface area contributed by atoms with E-state index >= 15 is 0 Å². The second-order valence-corrected chi connectivity index (χ2v) is 10.3. The average molecular weight is 468 g/mol. The van der Waals surface area contributed by atoms with E-state index in [2.05, 4.69) is 64.0 Å². The van der Waals surface area contributed by atoms with Gasteiger partial charge in [-0.25, -0.2) is 0 Å². The maximum absolute atomic E-state index is 5.46. The molecule has 34 heavy (non-hydrogen) atoms. The molecule has 4 heterocycles. The quantitative estimate of drug-likeness (QED) is 0.341. The molecular formula is C27H25N5OS. The molecule has 1 aliphatic heterocycles. The van der Waals surface area contributed by atoms with E-state index in [1.54, 1.807) is 0 Å². The first-order valence-electron chi connectivity index (χ1n) is 11.8. The molecule has 2 aliphatic rings. The van der Waals surface area contributed by atoms with Crippen LogP contribution in [0.25, 0.3) is 43.9 Å². The summed E-state index contributed by atoms with van der Waals surface area (Å²) in [6, 6.07) is 18.1. The fraction of sp³-hybridized carbons (Fsp3) is 0.259. The molecule has 0 atom stereocenters. The summed E-state index contributed by atoms with van der Waals surface area (Å²) < 4.78 is 7.38. The number of benzene rings is 2. The monoisotopic (exact) mass is 467 g/mol. The summed E-state index contributed by atoms with van der Waals surface area (Å²) >= 11 is 1.89. The molecule has 2 aromatic carbocycles. The van der Waals surface area contributed by atoms with Crippen molar-refractivity contribution in [3.63, 3.8) is 0 Å². The standard InChI is InChI=1S/C27H25N5OS/c1-32-23-12-17(2-3-18(23)15-28-32)26-22-14-25-21(27(22)31-30-26)13-24(34-25)16-4-6-19(7-5-16)29-20-8-10-33-11-9-20/h2-7,12-13,15,20,29H,8-11,14H2,1H3,(H,30,31). The van der Waals surface area contributed by atoms with Crippen molar-refractivity contribution in [2.24, 2.45) is 7.05 Å². The van der Waals surface area contributed by atoms with Crippen LogP contribution in [0, 0.1) is 0 Å². The van der Waals surface area contributed by atoms with Gasteiger partial charge in [0.15, 0.2) is 0 Å². The molecule has 7 heteroatoms. The van der Waals surface area contributed by atoms with Crippen LogP contribution in [-0.4, -0.2) is 39.2 Å². The fourth-order valence-corrected chi connectivity index (χ4v) is 6.36. The highest BCUT2D eigenvalue weighted by Crippen LogP contribution is 2.46. The Hall–Kier alpha value is -3.42. The van der Waals surface area contributed by atoms with Gasteiger partial charge in [-0.2, -0.15) is 10.2 Å². The topological polar surface area (TPSA) is 67.8 Å². The van der Waals surface area contributed by atoms with Gasteiger partial charge >= 0.3 is 0 Å². The van der Waals surface area contributed by atoms with Gasteiger partial charge < -0.3 is 10.1 Å². The summed E-state index contributed by atoms with van der Waals surface area (Å²) in [5.74, 6) is 0. The number of ether oxygens (including phenoxy) is 1. The number of nitrogens with one attached hydrogen (secondary N) is 2. The highest BCUT2D eigenvalue weighted by Gasteiger charge is 2.28. The third-order valence-corrected chi connectivity index (χ3v) is 8.25. The molecule has 0 unspecified atom stereocenters. The number of aryl methyl sites for hydroxylation is 1. The number of hydrogen-bond acceptors (Lipinski definition) is 5. The molecule has 1 aliphatic carbocycles. The molecule has 2 N–H and O–H groups in total. The SMILES string of the molecule is Cn1ncc2ccc(-c3n[nH]c4c3Cc3sc(-c5ccc(NC6CCOCC6)cc5)cc3-4)cc21. The van der Waals surface area contributed by atoms with E-state index in [9.17, 15) is 0 Å². The van der Waals surface area contributed by atoms with Crippen molar-refractivity contribution >= 4 is 27.9 Å². The summed E-state index contributed by atoms with van der Waals surface area (Å²) in [5, 5.41) is 17.2. The highest BCUT2D eigenvalue weighted by molar-refractivity contribution is 7.16. The number of hydrogen-bond donors (Lipinski definition) is 2. The summed E-state index contributed by atoms with van der Waals surface area (Å²) in [5.41, 5.74) is 9.51. The first-order valence-corrected chi connectivity index (χ1v) is 12.6. The number of thiophene rings is 1. The summed E-state index contributed by atoms with van der Waals surface area (Å²) in [4.78, 5) is 2.71. The third-order valence-electron chi connectivity index (χ3n) is 7.07. The molecule has 7 rings (SSSR count). The van der Waals surface area contributed by atoms with E-state index in [0.29, 0.717) is 6.04 Å². The van der Waals surface area contributed by atoms with Crippen LogP contribution in [0.3, 0.4) is 0 Å². The first-order chi connectivity index (χ1) is 16.7. The minimum absolute atomic E-state index is 0.511. The molecule has 0 bridgehead atoms. The zero-order chi connectivity index (χ0) is 22.6. The molecule has 0 radical (unpaired) electrons. The van der Waals surface area contributed by atoms with Crippen LogP contribution >= 0.6 is 11.3 Å². The number of anilines is 1. The Morgan fingerprint density at radius 2 is 1.88 bits per heavy atom. The first kappa shape index (κ1) is 20.0. The Kier molecular flexibility index (Phi) is 4.60. The molecular weight excluding hydrogens is 442 g/mol. The van der Waals surface area contributed by atoms with Gasteiger partial charge in [-0.05, 0) is 42.7 Å². The number of rotatable bonds is 4. The van der Waals surface area contributed by atoms with Crippen molar-refractivity contribution in [3.05, 3.63) is 65.2 Å². The molecule has 6 nitrogen and oxygen atoms in total. The molecule has 170 valence electrons. The van der Waals surface area contributed by atoms with Crippen LogP contribution in [0.5, 0.6) is 0 Å². The van der Waals surface area contributed by atoms with Crippen molar-refractivity contribution in [1.82, 2.24) is 20.0 Å². The van der Waals surface area contributed by atoms with E-state index in [4.69, 9.17) is 9.84 Å². The van der Waals surface area contributed by atoms with E-state index < -0.39 is 0 Å². The number of H-pyrrole nitrogens is 1. The zero-order valence-electron chi connectivity index (χ0n) is 19.0. The molecule has 1 saturated heterocycles. The second-order valence-electron chi connectivity index (χ2n) is 9.20. The summed E-state index contributed by atoms with van der Waals surface area (Å²) in [6.07, 6.45) is 4.97. The lowest BCUT2D eigenvalue weighted by molar-refractivity contribution is 0.0904. The average Bonchev–Trinajstić information content (AvgIpc) is 3.62. The van der Waals surface area contributed by atoms with Gasteiger partial charge in [-0.3, -0.25) is 9.78 Å². The molecule has 0 saturated carbocycles. The van der Waals surface area contributed by atoms with Crippen LogP contribution in [-0.2, 0) is 18.2 Å². The van der Waals surface area contributed by atoms with Crippen molar-refractivity contribution in [3.8, 4) is 33.0 Å². The number of aromatic nitrogens is 4. The molecule has 0 spiro atoms. The Morgan fingerprint density at radius 1 is 1.06 bits per heavy atom. The molecule has 3 aromatic heterocycles. The maximum Gasteiger partial charge on any atom is 0.0963 e. The Morgan fingerprint density at radius 3 is 2.74 bits per heavy atom. The highest BCUT2D eigenvalue weighted by atomic mass is 32.1. The lowest BCUT2D eigenvalue weighted by Crippen LogP contribution is -2.27. The van der Waals surface area contributed by atoms with Gasteiger partial charge in [0.2, 0.25) is 0 Å². The van der Waals surface area contributed by atoms with Crippen molar-refractivity contribution in [2.45, 2.75) is 25.3 Å². The lowest BCUT2D eigenvalue weighted by atomic mass is 10.0. The fourth-order valence-electron chi connectivity index (χ4n) is 5.17. The Balaban J connectivity index is 1.15. The number of aromatic amines is 1. The zero-order valence-corrected chi connectivity index (χ0v) is 19.8. The van der Waals surface area contributed by atoms with Gasteiger partial charge in [0.25, 0.3) is 0 Å². The van der Waals surface area contributed by atoms with Gasteiger partial charge in [0.05, 0.1) is 23.1 Å². The van der Waals surface area contributed by atoms with Gasteiger partial charge in [0, 0.05) is 70.2 Å². The smallest absolute Gasteiger partial charge is 0.0963 e. The Labute approximate surface area is 201 Å². The molecule has 1 fully saturated rings. The number of fused-ring (bicyclic) bond motifs is 4. The maximum atomic E-state index is 5.46. The summed E-state index contributed by atoms with van der Waals surface area (Å²) in [7, 11) is 1.98. The van der Waals surface area contributed by atoms with Crippen LogP contribution < -0.4 is 5.32 Å². The van der Waals surface area contributed by atoms with Gasteiger partial charge in [-0.1, -0.05) is 24.3 Å². The Bertz CT molecular complexity index is 1500. The van der Waals surface area contributed by atoms with E-state index in [-0.39, 0.29) is 0 Å². The van der Waals surface area contributed by atoms with E-state index in [1.807, 2.05) is 29.3 Å². The van der Waals surface area contributed by atoms with Gasteiger partial charge in [-0.15, -0.1) is 11.3 Å². The largest absolute Gasteiger partial charge is 0.382 e. The van der Waals surface area contributed by atoms with Crippen LogP contribution in [0.1, 0.15) is 23.3 Å². The third kappa shape index (κ3) is 3.27. The van der Waals surface area contributed by atoms with E-state index in [1.165, 1.54) is 32.1 Å². The van der Waals surface area contributed by atoms with Crippen LogP contribution in [0.2, 0.25) is 0 Å². The van der Waals surface area contributed by atoms with Crippen molar-refractivity contribution < 1.29 is 4.74 Å². The predicted octanol–water partition coefficient (Wildman–Crippen LogP) is 5.85. The number of nitrogens with zero attached hydrogens (tertiary/aromatic N) is 3. The van der Waals surface area contributed by atoms with Crippen LogP contribution in [0.4, 0.5) is 5.69 Å². The minimum Gasteiger partial charge on any atom is -0.382 e. The second kappa shape index (κ2) is 7.82. The van der Waals surface area contributed by atoms with Crippen molar-refractivity contribution in [1.29, 1.82) is 0 Å². The molecule has 5 aromatic rings. The van der Waals surface area contributed by atoms with Crippen LogP contribution in [0.15, 0.2) is 54.7 Å². The predicted molar refractivity (Wildman–Crippen MR) is 137 cm³/mol. The van der Waals surface area contributed by atoms with Gasteiger partial charge in [0.1, 0.15) is 0 Å². The van der Waals surface area contributed by atoms with Crippen molar-refractivity contribution in [2.75, 3.05) is 18.5 Å². The lowest BCUT2D eigenvalue weighted by Gasteiger charge is -2.24. The normalized spacial score (nSPS) is 15.6. The summed E-state index contributed by atoms with van der Waals surface area (Å²) in [6.45, 7) is 1.71.